The topological polar surface area (TPSA) is 85.3 Å². The fourth-order valence-electron chi connectivity index (χ4n) is 2.03. The van der Waals surface area contributed by atoms with Gasteiger partial charge in [-0.2, -0.15) is 0 Å². The summed E-state index contributed by atoms with van der Waals surface area (Å²) >= 11 is 0. The largest absolute Gasteiger partial charge is 0.465 e. The number of nitrogens with two attached hydrogens (primary N) is 1. The third kappa shape index (κ3) is 4.17. The number of hydrogen-bond acceptors (Lipinski definition) is 4. The van der Waals surface area contributed by atoms with Crippen LogP contribution in [0.5, 0.6) is 0 Å². The van der Waals surface area contributed by atoms with Gasteiger partial charge < -0.3 is 9.73 Å². The third-order valence-electron chi connectivity index (χ3n) is 3.36. The second kappa shape index (κ2) is 6.43. The van der Waals surface area contributed by atoms with Gasteiger partial charge >= 0.3 is 0 Å². The van der Waals surface area contributed by atoms with E-state index in [4.69, 9.17) is 9.56 Å². The molecule has 0 bridgehead atoms. The number of sulfonamides is 1. The van der Waals surface area contributed by atoms with Crippen LogP contribution in [0.3, 0.4) is 0 Å². The minimum atomic E-state index is -3.64. The van der Waals surface area contributed by atoms with Crippen LogP contribution >= 0.6 is 0 Å². The van der Waals surface area contributed by atoms with Gasteiger partial charge in [0.2, 0.25) is 10.0 Å². The molecule has 0 saturated carbocycles. The zero-order chi connectivity index (χ0) is 15.5. The molecule has 0 amide bonds. The quantitative estimate of drug-likeness (QED) is 0.857. The van der Waals surface area contributed by atoms with E-state index in [1.54, 1.807) is 12.1 Å². The van der Waals surface area contributed by atoms with Crippen molar-refractivity contribution in [1.82, 2.24) is 5.32 Å². The van der Waals surface area contributed by atoms with E-state index in [0.717, 1.165) is 23.5 Å². The zero-order valence-electron chi connectivity index (χ0n) is 12.2. The van der Waals surface area contributed by atoms with Crippen LogP contribution in [0.1, 0.15) is 37.0 Å². The van der Waals surface area contributed by atoms with Gasteiger partial charge in [0.05, 0.1) is 11.4 Å². The van der Waals surface area contributed by atoms with Gasteiger partial charge in [-0.25, -0.2) is 13.6 Å². The van der Waals surface area contributed by atoms with E-state index in [2.05, 4.69) is 5.32 Å². The molecular weight excluding hydrogens is 288 g/mol. The minimum absolute atomic E-state index is 0.0784. The lowest BCUT2D eigenvalue weighted by Gasteiger charge is -2.13. The third-order valence-corrected chi connectivity index (χ3v) is 4.29. The fraction of sp³-hybridized carbons (Fsp3) is 0.333. The Morgan fingerprint density at radius 2 is 1.76 bits per heavy atom. The average Bonchev–Trinajstić information content (AvgIpc) is 2.92. The van der Waals surface area contributed by atoms with Crippen molar-refractivity contribution in [3.8, 4) is 0 Å². The van der Waals surface area contributed by atoms with E-state index in [1.807, 2.05) is 26.0 Å². The molecule has 0 radical (unpaired) electrons. The molecule has 0 aliphatic heterocycles. The summed E-state index contributed by atoms with van der Waals surface area (Å²) in [4.78, 5) is 0.122. The summed E-state index contributed by atoms with van der Waals surface area (Å²) in [6.07, 6.45) is 0.880. The summed E-state index contributed by atoms with van der Waals surface area (Å²) in [7, 11) is -3.64. The second-order valence-electron chi connectivity index (χ2n) is 4.94. The predicted octanol–water partition coefficient (Wildman–Crippen LogP) is 2.34. The normalized spacial score (nSPS) is 13.3. The minimum Gasteiger partial charge on any atom is -0.465 e. The molecule has 1 unspecified atom stereocenters. The van der Waals surface area contributed by atoms with Crippen molar-refractivity contribution in [2.75, 3.05) is 0 Å². The van der Waals surface area contributed by atoms with Crippen molar-refractivity contribution >= 4 is 10.0 Å². The van der Waals surface area contributed by atoms with Crippen LogP contribution in [0.2, 0.25) is 0 Å². The van der Waals surface area contributed by atoms with E-state index >= 15 is 0 Å². The molecular formula is C15H20N2O3S. The molecule has 0 fully saturated rings. The summed E-state index contributed by atoms with van der Waals surface area (Å²) < 4.78 is 28.0. The van der Waals surface area contributed by atoms with Crippen LogP contribution in [-0.4, -0.2) is 8.42 Å². The van der Waals surface area contributed by atoms with Crippen LogP contribution in [-0.2, 0) is 23.0 Å². The molecule has 0 spiro atoms. The Labute approximate surface area is 125 Å². The van der Waals surface area contributed by atoms with Crippen molar-refractivity contribution in [2.24, 2.45) is 5.14 Å². The highest BCUT2D eigenvalue weighted by Gasteiger charge is 2.10. The number of rotatable bonds is 6. The Morgan fingerprint density at radius 3 is 2.29 bits per heavy atom. The van der Waals surface area contributed by atoms with E-state index in [0.29, 0.717) is 6.54 Å². The molecule has 1 heterocycles. The maximum absolute atomic E-state index is 11.2. The Hall–Kier alpha value is -1.63. The Bertz CT molecular complexity index is 690. The summed E-state index contributed by atoms with van der Waals surface area (Å²) in [5.41, 5.74) is 0.990. The molecule has 1 aromatic heterocycles. The smallest absolute Gasteiger partial charge is 0.238 e. The highest BCUT2D eigenvalue weighted by atomic mass is 32.2. The Morgan fingerprint density at radius 1 is 1.14 bits per heavy atom. The van der Waals surface area contributed by atoms with Gasteiger partial charge in [0.25, 0.3) is 0 Å². The molecule has 1 atom stereocenters. The van der Waals surface area contributed by atoms with Gasteiger partial charge in [0.1, 0.15) is 11.5 Å². The maximum Gasteiger partial charge on any atom is 0.238 e. The molecule has 0 aliphatic carbocycles. The first-order chi connectivity index (χ1) is 9.90. The van der Waals surface area contributed by atoms with Crippen LogP contribution in [0.25, 0.3) is 0 Å². The zero-order valence-corrected chi connectivity index (χ0v) is 13.0. The van der Waals surface area contributed by atoms with Crippen molar-refractivity contribution < 1.29 is 12.8 Å². The maximum atomic E-state index is 11.2. The molecule has 0 saturated heterocycles. The Kier molecular flexibility index (Phi) is 4.82. The standard InChI is InChI=1S/C15H20N2O3S/c1-3-13-6-7-14(20-13)10-17-11(2)12-4-8-15(9-5-12)21(16,18)19/h4-9,11,17H,3,10H2,1-2H3,(H2,16,18,19). The summed E-state index contributed by atoms with van der Waals surface area (Å²) in [5, 5.41) is 8.41. The Balaban J connectivity index is 1.98. The highest BCUT2D eigenvalue weighted by molar-refractivity contribution is 7.89. The van der Waals surface area contributed by atoms with Crippen molar-refractivity contribution in [1.29, 1.82) is 0 Å². The first kappa shape index (κ1) is 15.8. The van der Waals surface area contributed by atoms with E-state index in [9.17, 15) is 8.42 Å². The molecule has 3 N–H and O–H groups in total. The lowest BCUT2D eigenvalue weighted by Crippen LogP contribution is -2.18. The molecule has 1 aromatic carbocycles. The average molecular weight is 308 g/mol. The lowest BCUT2D eigenvalue weighted by atomic mass is 10.1. The SMILES string of the molecule is CCc1ccc(CNC(C)c2ccc(S(N)(=O)=O)cc2)o1. The molecule has 21 heavy (non-hydrogen) atoms. The van der Waals surface area contributed by atoms with Gasteiger partial charge in [-0.15, -0.1) is 0 Å². The molecule has 114 valence electrons. The predicted molar refractivity (Wildman–Crippen MR) is 81.2 cm³/mol. The summed E-state index contributed by atoms with van der Waals surface area (Å²) in [5.74, 6) is 1.86. The van der Waals surface area contributed by atoms with Crippen LogP contribution in [0.15, 0.2) is 45.7 Å². The van der Waals surface area contributed by atoms with Crippen molar-refractivity contribution in [3.05, 3.63) is 53.5 Å². The molecule has 6 heteroatoms. The van der Waals surface area contributed by atoms with Crippen molar-refractivity contribution in [2.45, 2.75) is 37.8 Å². The highest BCUT2D eigenvalue weighted by Crippen LogP contribution is 2.16. The molecule has 2 rings (SSSR count). The number of nitrogens with one attached hydrogen (secondary N) is 1. The number of furan rings is 1. The summed E-state index contributed by atoms with van der Waals surface area (Å²) in [6.45, 7) is 4.68. The van der Waals surface area contributed by atoms with Gasteiger partial charge in [0.15, 0.2) is 0 Å². The van der Waals surface area contributed by atoms with E-state index in [-0.39, 0.29) is 10.9 Å². The van der Waals surface area contributed by atoms with Crippen LogP contribution in [0, 0.1) is 0 Å². The van der Waals surface area contributed by atoms with Crippen LogP contribution < -0.4 is 10.5 Å². The van der Waals surface area contributed by atoms with Crippen molar-refractivity contribution in [3.63, 3.8) is 0 Å². The first-order valence-corrected chi connectivity index (χ1v) is 8.38. The summed E-state index contributed by atoms with van der Waals surface area (Å²) in [6, 6.07) is 10.6. The van der Waals surface area contributed by atoms with E-state index in [1.165, 1.54) is 12.1 Å². The van der Waals surface area contributed by atoms with E-state index < -0.39 is 10.0 Å². The monoisotopic (exact) mass is 308 g/mol. The second-order valence-corrected chi connectivity index (χ2v) is 6.50. The van der Waals surface area contributed by atoms with Gasteiger partial charge in [-0.05, 0) is 36.8 Å². The molecule has 2 aromatic rings. The first-order valence-electron chi connectivity index (χ1n) is 6.84. The number of benzene rings is 1. The molecule has 0 aliphatic rings. The number of hydrogen-bond donors (Lipinski definition) is 2. The van der Waals surface area contributed by atoms with Gasteiger partial charge in [-0.1, -0.05) is 19.1 Å². The van der Waals surface area contributed by atoms with Gasteiger partial charge in [0, 0.05) is 12.5 Å². The fourth-order valence-corrected chi connectivity index (χ4v) is 2.54. The van der Waals surface area contributed by atoms with Gasteiger partial charge in [-0.3, -0.25) is 0 Å². The molecule has 5 nitrogen and oxygen atoms in total. The number of aryl methyl sites for hydroxylation is 1. The van der Waals surface area contributed by atoms with Crippen LogP contribution in [0.4, 0.5) is 0 Å². The lowest BCUT2D eigenvalue weighted by molar-refractivity contribution is 0.435. The number of primary sulfonamides is 1.